The average molecular weight is 397 g/mol. The molecule has 9 nitrogen and oxygen atoms in total. The Morgan fingerprint density at radius 1 is 1.41 bits per heavy atom. The number of sulfonamides is 1. The largest absolute Gasteiger partial charge is 0.394 e. The number of carbonyl (C=O) groups excluding carboxylic acids is 2. The lowest BCUT2D eigenvalue weighted by molar-refractivity contribution is -0.122. The molecular weight excluding hydrogens is 374 g/mol. The van der Waals surface area contributed by atoms with Crippen LogP contribution in [0.15, 0.2) is 29.2 Å². The third-order valence-electron chi connectivity index (χ3n) is 4.90. The minimum absolute atomic E-state index is 0.0360. The zero-order valence-corrected chi connectivity index (χ0v) is 15.8. The van der Waals surface area contributed by atoms with Gasteiger partial charge in [0.05, 0.1) is 30.2 Å². The summed E-state index contributed by atoms with van der Waals surface area (Å²) in [5.74, 6) is -0.715. The van der Waals surface area contributed by atoms with Crippen molar-refractivity contribution in [2.75, 3.05) is 39.9 Å². The summed E-state index contributed by atoms with van der Waals surface area (Å²) in [6.45, 7) is 0.340. The zero-order valence-electron chi connectivity index (χ0n) is 15.0. The number of carbonyl (C=O) groups is 2. The summed E-state index contributed by atoms with van der Waals surface area (Å²) in [5.41, 5.74) is 0.215. The molecule has 2 aliphatic heterocycles. The summed E-state index contributed by atoms with van der Waals surface area (Å²) in [5, 5.41) is 12.1. The van der Waals surface area contributed by atoms with Gasteiger partial charge in [0.2, 0.25) is 15.9 Å². The van der Waals surface area contributed by atoms with Gasteiger partial charge in [0, 0.05) is 32.3 Å². The molecule has 0 bridgehead atoms. The number of amides is 2. The van der Waals surface area contributed by atoms with Crippen LogP contribution in [0.5, 0.6) is 0 Å². The summed E-state index contributed by atoms with van der Waals surface area (Å²) in [6, 6.07) is 5.40. The molecule has 148 valence electrons. The van der Waals surface area contributed by atoms with Gasteiger partial charge >= 0.3 is 0 Å². The molecule has 10 heteroatoms. The molecule has 2 saturated heterocycles. The number of hydrogen-bond acceptors (Lipinski definition) is 6. The fourth-order valence-electron chi connectivity index (χ4n) is 3.39. The van der Waals surface area contributed by atoms with Gasteiger partial charge in [-0.15, -0.1) is 0 Å². The lowest BCUT2D eigenvalue weighted by atomic mass is 10.1. The molecule has 0 spiro atoms. The predicted molar refractivity (Wildman–Crippen MR) is 95.5 cm³/mol. The number of piperazine rings is 1. The minimum atomic E-state index is -3.88. The highest BCUT2D eigenvalue weighted by Crippen LogP contribution is 2.24. The smallest absolute Gasteiger partial charge is 0.254 e. The number of hydrogen-bond donors (Lipinski definition) is 2. The first kappa shape index (κ1) is 19.7. The molecule has 3 rings (SSSR count). The fraction of sp³-hybridized carbons (Fsp3) is 0.529. The standard InChI is InChI=1S/C17H23N3O6S/c1-26-14-8-13(11-21)20(9-14)17(23)12-3-2-4-15(7-12)27(24,25)19-6-5-18-16(22)10-19/h2-4,7,13-14,21H,5-6,8-11H2,1H3,(H,18,22)/t13-,14+/m0/s1. The third-order valence-corrected chi connectivity index (χ3v) is 6.74. The molecule has 0 saturated carbocycles. The number of aliphatic hydroxyl groups is 1. The SMILES string of the molecule is CO[C@@H]1C[C@@H](CO)N(C(=O)c2cccc(S(=O)(=O)N3CCNC(=O)C3)c2)C1. The van der Waals surface area contributed by atoms with Gasteiger partial charge in [-0.3, -0.25) is 9.59 Å². The number of ether oxygens (including phenoxy) is 1. The topological polar surface area (TPSA) is 116 Å². The molecule has 2 amide bonds. The van der Waals surface area contributed by atoms with Crippen LogP contribution in [0.3, 0.4) is 0 Å². The Kier molecular flexibility index (Phi) is 5.80. The van der Waals surface area contributed by atoms with Crippen molar-refractivity contribution in [3.05, 3.63) is 29.8 Å². The van der Waals surface area contributed by atoms with Gasteiger partial charge in [-0.25, -0.2) is 8.42 Å². The van der Waals surface area contributed by atoms with Crippen LogP contribution in [0.1, 0.15) is 16.8 Å². The quantitative estimate of drug-likeness (QED) is 0.660. The molecule has 1 aromatic rings. The number of nitrogens with one attached hydrogen (secondary N) is 1. The highest BCUT2D eigenvalue weighted by atomic mass is 32.2. The molecule has 2 N–H and O–H groups in total. The second kappa shape index (κ2) is 7.93. The Morgan fingerprint density at radius 2 is 2.19 bits per heavy atom. The molecule has 2 heterocycles. The van der Waals surface area contributed by atoms with Crippen LogP contribution in [0.25, 0.3) is 0 Å². The summed E-state index contributed by atoms with van der Waals surface area (Å²) < 4.78 is 32.0. The number of benzene rings is 1. The lowest BCUT2D eigenvalue weighted by Crippen LogP contribution is -2.49. The molecule has 1 aromatic carbocycles. The van der Waals surface area contributed by atoms with Gasteiger partial charge in [-0.1, -0.05) is 6.07 Å². The normalized spacial score (nSPS) is 24.1. The van der Waals surface area contributed by atoms with E-state index >= 15 is 0 Å². The maximum atomic E-state index is 12.9. The monoisotopic (exact) mass is 397 g/mol. The number of aliphatic hydroxyl groups excluding tert-OH is 1. The highest BCUT2D eigenvalue weighted by molar-refractivity contribution is 7.89. The van der Waals surface area contributed by atoms with Crippen LogP contribution in [-0.2, 0) is 19.6 Å². The van der Waals surface area contributed by atoms with E-state index in [1.165, 1.54) is 23.1 Å². The Bertz CT molecular complexity index is 828. The lowest BCUT2D eigenvalue weighted by Gasteiger charge is -2.26. The van der Waals surface area contributed by atoms with Gasteiger partial charge in [0.25, 0.3) is 5.91 Å². The molecule has 0 unspecified atom stereocenters. The maximum absolute atomic E-state index is 12.9. The van der Waals surface area contributed by atoms with Gasteiger partial charge in [0.15, 0.2) is 0 Å². The van der Waals surface area contributed by atoms with Crippen molar-refractivity contribution < 1.29 is 27.9 Å². The number of rotatable bonds is 5. The molecule has 2 atom stereocenters. The van der Waals surface area contributed by atoms with Crippen LogP contribution in [0.2, 0.25) is 0 Å². The van der Waals surface area contributed by atoms with Crippen molar-refractivity contribution in [2.24, 2.45) is 0 Å². The van der Waals surface area contributed by atoms with E-state index in [1.807, 2.05) is 0 Å². The molecule has 0 radical (unpaired) electrons. The third kappa shape index (κ3) is 3.98. The maximum Gasteiger partial charge on any atom is 0.254 e. The van der Waals surface area contributed by atoms with Crippen molar-refractivity contribution >= 4 is 21.8 Å². The van der Waals surface area contributed by atoms with Crippen molar-refractivity contribution in [3.8, 4) is 0 Å². The number of methoxy groups -OCH3 is 1. The van der Waals surface area contributed by atoms with E-state index in [2.05, 4.69) is 5.32 Å². The van der Waals surface area contributed by atoms with Crippen LogP contribution in [-0.4, -0.2) is 86.6 Å². The van der Waals surface area contributed by atoms with Crippen molar-refractivity contribution in [2.45, 2.75) is 23.5 Å². The van der Waals surface area contributed by atoms with E-state index in [1.54, 1.807) is 13.2 Å². The van der Waals surface area contributed by atoms with Crippen molar-refractivity contribution in [1.29, 1.82) is 0 Å². The Morgan fingerprint density at radius 3 is 2.85 bits per heavy atom. The fourth-order valence-corrected chi connectivity index (χ4v) is 4.83. The highest BCUT2D eigenvalue weighted by Gasteiger charge is 2.36. The Labute approximate surface area is 157 Å². The summed E-state index contributed by atoms with van der Waals surface area (Å²) >= 11 is 0. The minimum Gasteiger partial charge on any atom is -0.394 e. The van der Waals surface area contributed by atoms with Crippen LogP contribution in [0, 0.1) is 0 Å². The van der Waals surface area contributed by atoms with Gasteiger partial charge < -0.3 is 20.1 Å². The van der Waals surface area contributed by atoms with E-state index in [4.69, 9.17) is 4.74 Å². The van der Waals surface area contributed by atoms with E-state index < -0.39 is 10.0 Å². The summed E-state index contributed by atoms with van der Waals surface area (Å²) in [6.07, 6.45) is 0.365. The van der Waals surface area contributed by atoms with E-state index in [-0.39, 0.29) is 60.7 Å². The molecule has 27 heavy (non-hydrogen) atoms. The first-order valence-corrected chi connectivity index (χ1v) is 10.1. The Hall–Kier alpha value is -2.01. The zero-order chi connectivity index (χ0) is 19.6. The van der Waals surface area contributed by atoms with Crippen LogP contribution in [0.4, 0.5) is 0 Å². The van der Waals surface area contributed by atoms with E-state index in [0.717, 1.165) is 4.31 Å². The second-order valence-corrected chi connectivity index (χ2v) is 8.54. The van der Waals surface area contributed by atoms with Crippen LogP contribution < -0.4 is 5.32 Å². The van der Waals surface area contributed by atoms with Crippen LogP contribution >= 0.6 is 0 Å². The summed E-state index contributed by atoms with van der Waals surface area (Å²) in [4.78, 5) is 25.9. The Balaban J connectivity index is 1.85. The van der Waals surface area contributed by atoms with E-state index in [0.29, 0.717) is 13.0 Å². The molecule has 2 aliphatic rings. The van der Waals surface area contributed by atoms with Gasteiger partial charge in [-0.2, -0.15) is 4.31 Å². The van der Waals surface area contributed by atoms with Gasteiger partial charge in [-0.05, 0) is 24.6 Å². The first-order valence-electron chi connectivity index (χ1n) is 8.68. The number of likely N-dealkylation sites (tertiary alicyclic amines) is 1. The van der Waals surface area contributed by atoms with E-state index in [9.17, 15) is 23.1 Å². The first-order chi connectivity index (χ1) is 12.9. The molecule has 0 aromatic heterocycles. The summed E-state index contributed by atoms with van der Waals surface area (Å²) in [7, 11) is -2.33. The molecule has 2 fully saturated rings. The molecular formula is C17H23N3O6S. The second-order valence-electron chi connectivity index (χ2n) is 6.60. The number of nitrogens with zero attached hydrogens (tertiary/aromatic N) is 2. The predicted octanol–water partition coefficient (Wildman–Crippen LogP) is -0.971. The molecule has 0 aliphatic carbocycles. The van der Waals surface area contributed by atoms with Crippen molar-refractivity contribution in [3.63, 3.8) is 0 Å². The van der Waals surface area contributed by atoms with Crippen molar-refractivity contribution in [1.82, 2.24) is 14.5 Å². The average Bonchev–Trinajstić information content (AvgIpc) is 3.11. The van der Waals surface area contributed by atoms with Gasteiger partial charge in [0.1, 0.15) is 0 Å².